The molecule has 0 radical (unpaired) electrons. The van der Waals surface area contributed by atoms with Gasteiger partial charge in [-0.3, -0.25) is 4.79 Å². The molecule has 0 bridgehead atoms. The number of hydrogen-bond donors (Lipinski definition) is 1. The Balaban J connectivity index is 2.29. The van der Waals surface area contributed by atoms with Crippen LogP contribution < -0.4 is 5.32 Å². The number of aryl methyl sites for hydroxylation is 2. The molecule has 0 aliphatic carbocycles. The van der Waals surface area contributed by atoms with Crippen molar-refractivity contribution < 1.29 is 4.79 Å². The van der Waals surface area contributed by atoms with Crippen LogP contribution in [-0.2, 0) is 17.6 Å². The van der Waals surface area contributed by atoms with E-state index in [4.69, 9.17) is 0 Å². The van der Waals surface area contributed by atoms with Crippen LogP contribution in [0.15, 0.2) is 24.3 Å². The lowest BCUT2D eigenvalue weighted by Crippen LogP contribution is -2.42. The minimum absolute atomic E-state index is 0.0456. The third-order valence-corrected chi connectivity index (χ3v) is 4.40. The molecule has 0 aliphatic rings. The first kappa shape index (κ1) is 19.7. The molecule has 130 valence electrons. The molecule has 0 aliphatic heterocycles. The maximum Gasteiger partial charge on any atom is 0.217 e. The van der Waals surface area contributed by atoms with Crippen molar-refractivity contribution in [2.75, 3.05) is 0 Å². The Kier molecular flexibility index (Phi) is 8.98. The van der Waals surface area contributed by atoms with E-state index in [1.54, 1.807) is 6.92 Å². The Morgan fingerprint density at radius 3 is 2.00 bits per heavy atom. The lowest BCUT2D eigenvalue weighted by atomic mass is 9.94. The maximum absolute atomic E-state index is 11.2. The van der Waals surface area contributed by atoms with E-state index in [2.05, 4.69) is 50.4 Å². The Bertz CT molecular complexity index is 447. The van der Waals surface area contributed by atoms with Gasteiger partial charge in [-0.2, -0.15) is 0 Å². The summed E-state index contributed by atoms with van der Waals surface area (Å²) in [6, 6.07) is 9.03. The molecule has 0 saturated carbocycles. The van der Waals surface area contributed by atoms with Crippen molar-refractivity contribution in [1.82, 2.24) is 5.32 Å². The van der Waals surface area contributed by atoms with Crippen molar-refractivity contribution in [3.05, 3.63) is 35.4 Å². The van der Waals surface area contributed by atoms with Gasteiger partial charge in [0.2, 0.25) is 5.91 Å². The van der Waals surface area contributed by atoms with E-state index in [1.807, 2.05) is 0 Å². The Morgan fingerprint density at radius 1 is 0.913 bits per heavy atom. The van der Waals surface area contributed by atoms with Gasteiger partial charge < -0.3 is 5.32 Å². The summed E-state index contributed by atoms with van der Waals surface area (Å²) in [4.78, 5) is 11.2. The van der Waals surface area contributed by atoms with Crippen molar-refractivity contribution >= 4 is 5.91 Å². The summed E-state index contributed by atoms with van der Waals surface area (Å²) in [7, 11) is 0. The van der Waals surface area contributed by atoms with Gasteiger partial charge in [0.05, 0.1) is 0 Å². The predicted molar refractivity (Wildman–Crippen MR) is 99.7 cm³/mol. The first-order valence-corrected chi connectivity index (χ1v) is 9.29. The van der Waals surface area contributed by atoms with Crippen molar-refractivity contribution in [1.29, 1.82) is 0 Å². The molecule has 2 nitrogen and oxygen atoms in total. The van der Waals surface area contributed by atoms with Crippen LogP contribution in [0.5, 0.6) is 0 Å². The zero-order valence-electron chi connectivity index (χ0n) is 15.6. The monoisotopic (exact) mass is 317 g/mol. The van der Waals surface area contributed by atoms with E-state index in [0.717, 1.165) is 12.8 Å². The highest BCUT2D eigenvalue weighted by Gasteiger charge is 2.18. The summed E-state index contributed by atoms with van der Waals surface area (Å²) in [6.45, 7) is 8.01. The van der Waals surface area contributed by atoms with Crippen LogP contribution in [0, 0.1) is 0 Å². The predicted octanol–water partition coefficient (Wildman–Crippen LogP) is 5.44. The van der Waals surface area contributed by atoms with Crippen LogP contribution in [0.4, 0.5) is 0 Å². The van der Waals surface area contributed by atoms with Crippen molar-refractivity contribution in [2.24, 2.45) is 0 Å². The number of hydrogen-bond acceptors (Lipinski definition) is 1. The molecule has 0 aromatic heterocycles. The third kappa shape index (κ3) is 9.43. The SMILES string of the molecule is CCCCCCCCc1ccc(CCC(C)(C)NC(C)=O)cc1. The number of rotatable bonds is 11. The number of carbonyl (C=O) groups excluding carboxylic acids is 1. The average Bonchev–Trinajstić information content (AvgIpc) is 2.49. The summed E-state index contributed by atoms with van der Waals surface area (Å²) in [5.41, 5.74) is 2.67. The van der Waals surface area contributed by atoms with E-state index in [1.165, 1.54) is 56.1 Å². The standard InChI is InChI=1S/C21H35NO/c1-5-6-7-8-9-10-11-19-12-14-20(15-13-19)16-17-21(3,4)22-18(2)23/h12-15H,5-11,16-17H2,1-4H3,(H,22,23). The topological polar surface area (TPSA) is 29.1 Å². The van der Waals surface area contributed by atoms with Crippen LogP contribution >= 0.6 is 0 Å². The van der Waals surface area contributed by atoms with Crippen molar-refractivity contribution in [3.8, 4) is 0 Å². The maximum atomic E-state index is 11.2. The molecular weight excluding hydrogens is 282 g/mol. The summed E-state index contributed by atoms with van der Waals surface area (Å²) in [5, 5.41) is 3.01. The lowest BCUT2D eigenvalue weighted by Gasteiger charge is -2.25. The Hall–Kier alpha value is -1.31. The second kappa shape index (κ2) is 10.5. The number of benzene rings is 1. The normalized spacial score (nSPS) is 11.5. The van der Waals surface area contributed by atoms with Crippen molar-refractivity contribution in [3.63, 3.8) is 0 Å². The molecule has 0 atom stereocenters. The molecule has 1 N–H and O–H groups in total. The quantitative estimate of drug-likeness (QED) is 0.541. The number of carbonyl (C=O) groups is 1. The van der Waals surface area contributed by atoms with Crippen LogP contribution in [0.2, 0.25) is 0 Å². The first-order chi connectivity index (χ1) is 10.9. The summed E-state index contributed by atoms with van der Waals surface area (Å²) >= 11 is 0. The molecule has 0 fully saturated rings. The molecule has 1 aromatic rings. The lowest BCUT2D eigenvalue weighted by molar-refractivity contribution is -0.120. The van der Waals surface area contributed by atoms with Gasteiger partial charge in [0.15, 0.2) is 0 Å². The second-order valence-electron chi connectivity index (χ2n) is 7.40. The molecule has 23 heavy (non-hydrogen) atoms. The zero-order chi connectivity index (χ0) is 17.1. The molecule has 0 saturated heterocycles. The van der Waals surface area contributed by atoms with Gasteiger partial charge in [-0.1, -0.05) is 63.3 Å². The molecular formula is C21H35NO. The largest absolute Gasteiger partial charge is 0.351 e. The molecule has 0 unspecified atom stereocenters. The van der Waals surface area contributed by atoms with Crippen LogP contribution in [0.25, 0.3) is 0 Å². The van der Waals surface area contributed by atoms with Gasteiger partial charge in [-0.15, -0.1) is 0 Å². The van der Waals surface area contributed by atoms with E-state index < -0.39 is 0 Å². The molecule has 1 rings (SSSR count). The fourth-order valence-electron chi connectivity index (χ4n) is 2.98. The zero-order valence-corrected chi connectivity index (χ0v) is 15.6. The van der Waals surface area contributed by atoms with Gasteiger partial charge in [0, 0.05) is 12.5 Å². The molecule has 2 heteroatoms. The first-order valence-electron chi connectivity index (χ1n) is 9.29. The molecule has 0 heterocycles. The average molecular weight is 318 g/mol. The van der Waals surface area contributed by atoms with E-state index in [-0.39, 0.29) is 11.4 Å². The van der Waals surface area contributed by atoms with E-state index >= 15 is 0 Å². The highest BCUT2D eigenvalue weighted by atomic mass is 16.1. The van der Waals surface area contributed by atoms with Gasteiger partial charge in [0.1, 0.15) is 0 Å². The third-order valence-electron chi connectivity index (χ3n) is 4.40. The van der Waals surface area contributed by atoms with E-state index in [9.17, 15) is 4.79 Å². The highest BCUT2D eigenvalue weighted by Crippen LogP contribution is 2.16. The number of amides is 1. The van der Waals surface area contributed by atoms with E-state index in [0.29, 0.717) is 0 Å². The minimum Gasteiger partial charge on any atom is -0.351 e. The van der Waals surface area contributed by atoms with Crippen LogP contribution in [0.1, 0.15) is 83.8 Å². The summed E-state index contributed by atoms with van der Waals surface area (Å²) < 4.78 is 0. The summed E-state index contributed by atoms with van der Waals surface area (Å²) in [6.07, 6.45) is 11.3. The summed E-state index contributed by atoms with van der Waals surface area (Å²) in [5.74, 6) is 0.0456. The fourth-order valence-corrected chi connectivity index (χ4v) is 2.98. The molecule has 1 amide bonds. The number of nitrogens with one attached hydrogen (secondary N) is 1. The fraction of sp³-hybridized carbons (Fsp3) is 0.667. The Labute approximate surface area is 143 Å². The smallest absolute Gasteiger partial charge is 0.217 e. The number of unbranched alkanes of at least 4 members (excludes halogenated alkanes) is 5. The minimum atomic E-state index is -0.136. The van der Waals surface area contributed by atoms with Crippen LogP contribution in [-0.4, -0.2) is 11.4 Å². The van der Waals surface area contributed by atoms with Gasteiger partial charge in [0.25, 0.3) is 0 Å². The Morgan fingerprint density at radius 2 is 1.43 bits per heavy atom. The highest BCUT2D eigenvalue weighted by molar-refractivity contribution is 5.73. The molecule has 0 spiro atoms. The molecule has 1 aromatic carbocycles. The van der Waals surface area contributed by atoms with Gasteiger partial charge in [-0.05, 0) is 50.7 Å². The second-order valence-corrected chi connectivity index (χ2v) is 7.40. The van der Waals surface area contributed by atoms with Crippen LogP contribution in [0.3, 0.4) is 0 Å². The van der Waals surface area contributed by atoms with Gasteiger partial charge in [-0.25, -0.2) is 0 Å². The van der Waals surface area contributed by atoms with Gasteiger partial charge >= 0.3 is 0 Å². The van der Waals surface area contributed by atoms with Crippen molar-refractivity contribution in [2.45, 2.75) is 91.0 Å².